The van der Waals surface area contributed by atoms with Gasteiger partial charge in [0.1, 0.15) is 6.54 Å². The summed E-state index contributed by atoms with van der Waals surface area (Å²) in [5, 5.41) is 2.77. The molecule has 0 aliphatic heterocycles. The normalized spacial score (nSPS) is 11.5. The molecular formula is C16H26N2O3S. The second kappa shape index (κ2) is 7.63. The van der Waals surface area contributed by atoms with Crippen molar-refractivity contribution in [3.8, 4) is 0 Å². The van der Waals surface area contributed by atoms with E-state index in [9.17, 15) is 13.2 Å². The number of nitrogens with zero attached hydrogens (tertiary/aromatic N) is 1. The summed E-state index contributed by atoms with van der Waals surface area (Å²) in [4.78, 5) is 12.0. The lowest BCUT2D eigenvalue weighted by Gasteiger charge is -2.22. The van der Waals surface area contributed by atoms with E-state index in [1.807, 2.05) is 19.9 Å². The van der Waals surface area contributed by atoms with Crippen molar-refractivity contribution in [1.29, 1.82) is 0 Å². The fraction of sp³-hybridized carbons (Fsp3) is 0.562. The summed E-state index contributed by atoms with van der Waals surface area (Å²) in [7, 11) is -3.51. The lowest BCUT2D eigenvalue weighted by atomic mass is 10.1. The fourth-order valence-electron chi connectivity index (χ4n) is 1.97. The molecule has 0 radical (unpaired) electrons. The maximum atomic E-state index is 12.0. The lowest BCUT2D eigenvalue weighted by molar-refractivity contribution is -0.119. The minimum atomic E-state index is -3.51. The molecule has 22 heavy (non-hydrogen) atoms. The van der Waals surface area contributed by atoms with E-state index in [1.54, 1.807) is 12.1 Å². The summed E-state index contributed by atoms with van der Waals surface area (Å²) in [5.41, 5.74) is 2.59. The van der Waals surface area contributed by atoms with Gasteiger partial charge in [-0.15, -0.1) is 0 Å². The Morgan fingerprint density at radius 2 is 1.86 bits per heavy atom. The number of sulfonamides is 1. The number of carbonyl (C=O) groups is 1. The molecule has 0 heterocycles. The highest BCUT2D eigenvalue weighted by molar-refractivity contribution is 7.92. The summed E-state index contributed by atoms with van der Waals surface area (Å²) < 4.78 is 25.1. The van der Waals surface area contributed by atoms with E-state index in [4.69, 9.17) is 0 Å². The first-order valence-electron chi connectivity index (χ1n) is 7.43. The number of hydrogen-bond acceptors (Lipinski definition) is 3. The molecule has 0 atom stereocenters. The molecule has 1 aromatic carbocycles. The van der Waals surface area contributed by atoms with Crippen LogP contribution in [0.15, 0.2) is 18.2 Å². The molecule has 0 bridgehead atoms. The first kappa shape index (κ1) is 18.5. The number of amides is 1. The molecule has 5 nitrogen and oxygen atoms in total. The van der Waals surface area contributed by atoms with Crippen LogP contribution in [0, 0.1) is 19.8 Å². The first-order valence-corrected chi connectivity index (χ1v) is 9.27. The number of benzene rings is 1. The highest BCUT2D eigenvalue weighted by atomic mass is 32.2. The van der Waals surface area contributed by atoms with Gasteiger partial charge in [0, 0.05) is 6.54 Å². The van der Waals surface area contributed by atoms with Crippen molar-refractivity contribution in [2.45, 2.75) is 34.1 Å². The molecule has 0 aromatic heterocycles. The van der Waals surface area contributed by atoms with Crippen molar-refractivity contribution in [2.75, 3.05) is 23.7 Å². The third-order valence-electron chi connectivity index (χ3n) is 3.51. The Kier molecular flexibility index (Phi) is 6.41. The SMILES string of the molecule is Cc1ccc(N(CC(=O)NCCC(C)C)S(C)(=O)=O)cc1C. The van der Waals surface area contributed by atoms with Crippen molar-refractivity contribution in [3.63, 3.8) is 0 Å². The van der Waals surface area contributed by atoms with Crippen LogP contribution in [0.2, 0.25) is 0 Å². The lowest BCUT2D eigenvalue weighted by Crippen LogP contribution is -2.40. The van der Waals surface area contributed by atoms with Crippen LogP contribution in [0.1, 0.15) is 31.4 Å². The Bertz CT molecular complexity index is 624. The zero-order valence-electron chi connectivity index (χ0n) is 14.0. The second-order valence-electron chi connectivity index (χ2n) is 6.07. The highest BCUT2D eigenvalue weighted by Crippen LogP contribution is 2.20. The Balaban J connectivity index is 2.86. The van der Waals surface area contributed by atoms with Crippen LogP contribution in [0.4, 0.5) is 5.69 Å². The monoisotopic (exact) mass is 326 g/mol. The van der Waals surface area contributed by atoms with Crippen molar-refractivity contribution in [1.82, 2.24) is 5.32 Å². The van der Waals surface area contributed by atoms with Gasteiger partial charge < -0.3 is 5.32 Å². The molecule has 0 aliphatic carbocycles. The van der Waals surface area contributed by atoms with Crippen LogP contribution >= 0.6 is 0 Å². The van der Waals surface area contributed by atoms with Gasteiger partial charge in [-0.3, -0.25) is 9.10 Å². The topological polar surface area (TPSA) is 66.5 Å². The third kappa shape index (κ3) is 5.67. The minimum absolute atomic E-state index is 0.195. The molecule has 1 N–H and O–H groups in total. The Morgan fingerprint density at radius 3 is 2.36 bits per heavy atom. The van der Waals surface area contributed by atoms with Crippen LogP contribution in [-0.4, -0.2) is 33.7 Å². The third-order valence-corrected chi connectivity index (χ3v) is 4.65. The van der Waals surface area contributed by atoms with Crippen molar-refractivity contribution < 1.29 is 13.2 Å². The quantitative estimate of drug-likeness (QED) is 0.835. The van der Waals surface area contributed by atoms with Crippen LogP contribution in [-0.2, 0) is 14.8 Å². The maximum absolute atomic E-state index is 12.0. The van der Waals surface area contributed by atoms with Gasteiger partial charge in [-0.1, -0.05) is 19.9 Å². The number of anilines is 1. The van der Waals surface area contributed by atoms with Gasteiger partial charge in [-0.05, 0) is 49.4 Å². The molecule has 0 spiro atoms. The van der Waals surface area contributed by atoms with E-state index < -0.39 is 10.0 Å². The van der Waals surface area contributed by atoms with E-state index in [0.717, 1.165) is 28.1 Å². The molecular weight excluding hydrogens is 300 g/mol. The Morgan fingerprint density at radius 1 is 1.23 bits per heavy atom. The summed E-state index contributed by atoms with van der Waals surface area (Å²) in [5.74, 6) is 0.204. The molecule has 0 saturated carbocycles. The van der Waals surface area contributed by atoms with E-state index >= 15 is 0 Å². The first-order chi connectivity index (χ1) is 10.1. The molecule has 124 valence electrons. The average Bonchev–Trinajstić information content (AvgIpc) is 2.37. The predicted molar refractivity (Wildman–Crippen MR) is 90.6 cm³/mol. The molecule has 1 rings (SSSR count). The van der Waals surface area contributed by atoms with Crippen molar-refractivity contribution >= 4 is 21.6 Å². The van der Waals surface area contributed by atoms with Gasteiger partial charge in [0.25, 0.3) is 0 Å². The minimum Gasteiger partial charge on any atom is -0.355 e. The van der Waals surface area contributed by atoms with Gasteiger partial charge in [-0.2, -0.15) is 0 Å². The molecule has 6 heteroatoms. The molecule has 1 amide bonds. The second-order valence-corrected chi connectivity index (χ2v) is 7.98. The molecule has 0 aliphatic rings. The molecule has 0 unspecified atom stereocenters. The maximum Gasteiger partial charge on any atom is 0.240 e. The number of carbonyl (C=O) groups excluding carboxylic acids is 1. The number of rotatable bonds is 7. The largest absolute Gasteiger partial charge is 0.355 e. The van der Waals surface area contributed by atoms with Gasteiger partial charge in [0.15, 0.2) is 0 Å². The van der Waals surface area contributed by atoms with Crippen molar-refractivity contribution in [3.05, 3.63) is 29.3 Å². The average molecular weight is 326 g/mol. The Labute approximate surface area is 133 Å². The van der Waals surface area contributed by atoms with Gasteiger partial charge >= 0.3 is 0 Å². The van der Waals surface area contributed by atoms with Gasteiger partial charge in [0.2, 0.25) is 15.9 Å². The summed E-state index contributed by atoms with van der Waals surface area (Å²) >= 11 is 0. The summed E-state index contributed by atoms with van der Waals surface area (Å²) in [6, 6.07) is 5.38. The summed E-state index contributed by atoms with van der Waals surface area (Å²) in [6.07, 6.45) is 1.98. The van der Waals surface area contributed by atoms with Crippen molar-refractivity contribution in [2.24, 2.45) is 5.92 Å². The Hall–Kier alpha value is -1.56. The number of hydrogen-bond donors (Lipinski definition) is 1. The van der Waals surface area contributed by atoms with Crippen LogP contribution in [0.25, 0.3) is 0 Å². The van der Waals surface area contributed by atoms with E-state index in [0.29, 0.717) is 18.2 Å². The van der Waals surface area contributed by atoms with Gasteiger partial charge in [0.05, 0.1) is 11.9 Å². The van der Waals surface area contributed by atoms with E-state index in [2.05, 4.69) is 19.2 Å². The van der Waals surface area contributed by atoms with Crippen LogP contribution in [0.5, 0.6) is 0 Å². The van der Waals surface area contributed by atoms with Crippen LogP contribution in [0.3, 0.4) is 0 Å². The van der Waals surface area contributed by atoms with E-state index in [-0.39, 0.29) is 12.5 Å². The predicted octanol–water partition coefficient (Wildman–Crippen LogP) is 2.23. The molecule has 1 aromatic rings. The zero-order chi connectivity index (χ0) is 16.9. The standard InChI is InChI=1S/C16H26N2O3S/c1-12(2)8-9-17-16(19)11-18(22(5,20)21)15-7-6-13(3)14(4)10-15/h6-7,10,12H,8-9,11H2,1-5H3,(H,17,19). The zero-order valence-corrected chi connectivity index (χ0v) is 14.8. The number of nitrogens with one attached hydrogen (secondary N) is 1. The number of aryl methyl sites for hydroxylation is 2. The van der Waals surface area contributed by atoms with E-state index in [1.165, 1.54) is 0 Å². The fourth-order valence-corrected chi connectivity index (χ4v) is 2.82. The molecule has 0 saturated heterocycles. The van der Waals surface area contributed by atoms with Gasteiger partial charge in [-0.25, -0.2) is 8.42 Å². The highest BCUT2D eigenvalue weighted by Gasteiger charge is 2.21. The van der Waals surface area contributed by atoms with Crippen LogP contribution < -0.4 is 9.62 Å². The smallest absolute Gasteiger partial charge is 0.240 e. The summed E-state index contributed by atoms with van der Waals surface area (Å²) in [6.45, 7) is 8.39. The molecule has 0 fully saturated rings.